The van der Waals surface area contributed by atoms with E-state index in [1.165, 1.54) is 17.8 Å². The van der Waals surface area contributed by atoms with E-state index in [1.54, 1.807) is 24.3 Å². The van der Waals surface area contributed by atoms with Crippen molar-refractivity contribution in [3.8, 4) is 5.75 Å². The highest BCUT2D eigenvalue weighted by Gasteiger charge is 2.24. The average molecular weight is 356 g/mol. The van der Waals surface area contributed by atoms with Crippen LogP contribution in [0.3, 0.4) is 0 Å². The Morgan fingerprint density at radius 1 is 1.16 bits per heavy atom. The van der Waals surface area contributed by atoms with Gasteiger partial charge in [-0.25, -0.2) is 9.38 Å². The third-order valence-electron chi connectivity index (χ3n) is 3.27. The van der Waals surface area contributed by atoms with Crippen LogP contribution in [0.15, 0.2) is 58.4 Å². The third-order valence-corrected chi connectivity index (χ3v) is 4.18. The zero-order chi connectivity index (χ0) is 17.8. The van der Waals surface area contributed by atoms with E-state index in [0.29, 0.717) is 10.1 Å². The van der Waals surface area contributed by atoms with E-state index in [1.807, 2.05) is 38.1 Å². The van der Waals surface area contributed by atoms with Crippen LogP contribution >= 0.6 is 11.8 Å². The summed E-state index contributed by atoms with van der Waals surface area (Å²) < 4.78 is 19.3. The number of carbonyl (C=O) groups excluding carboxylic acids is 1. The molecular formula is C19H17FN2O2S. The molecule has 6 heteroatoms. The molecule has 0 aliphatic carbocycles. The van der Waals surface area contributed by atoms with Crippen molar-refractivity contribution in [3.63, 3.8) is 0 Å². The molecule has 0 atom stereocenters. The van der Waals surface area contributed by atoms with Crippen molar-refractivity contribution in [2.24, 2.45) is 4.99 Å². The normalized spacial score (nSPS) is 17.4. The Kier molecular flexibility index (Phi) is 5.19. The van der Waals surface area contributed by atoms with Crippen LogP contribution in [0, 0.1) is 5.82 Å². The Hall–Kier alpha value is -2.60. The van der Waals surface area contributed by atoms with Crippen molar-refractivity contribution in [1.82, 2.24) is 5.32 Å². The summed E-state index contributed by atoms with van der Waals surface area (Å²) in [7, 11) is 0. The summed E-state index contributed by atoms with van der Waals surface area (Å²) in [5, 5.41) is 3.01. The predicted octanol–water partition coefficient (Wildman–Crippen LogP) is 4.50. The highest BCUT2D eigenvalue weighted by atomic mass is 32.2. The molecule has 128 valence electrons. The molecule has 1 amide bonds. The summed E-state index contributed by atoms with van der Waals surface area (Å²) in [6.07, 6.45) is 1.88. The Morgan fingerprint density at radius 3 is 2.56 bits per heavy atom. The number of ether oxygens (including phenoxy) is 1. The largest absolute Gasteiger partial charge is 0.491 e. The fourth-order valence-electron chi connectivity index (χ4n) is 2.20. The van der Waals surface area contributed by atoms with E-state index < -0.39 is 5.82 Å². The Morgan fingerprint density at radius 2 is 1.88 bits per heavy atom. The number of para-hydroxylation sites is 1. The van der Waals surface area contributed by atoms with Crippen LogP contribution in [0.4, 0.5) is 10.1 Å². The lowest BCUT2D eigenvalue weighted by Gasteiger charge is -2.09. The van der Waals surface area contributed by atoms with Gasteiger partial charge in [-0.2, -0.15) is 0 Å². The van der Waals surface area contributed by atoms with E-state index in [0.717, 1.165) is 11.3 Å². The van der Waals surface area contributed by atoms with Crippen LogP contribution in [-0.2, 0) is 4.79 Å². The van der Waals surface area contributed by atoms with Gasteiger partial charge in [-0.05, 0) is 61.5 Å². The SMILES string of the molecule is CC(C)Oc1ccc(/C=C2\SC(=Nc3ccccc3F)NC2=O)cc1. The van der Waals surface area contributed by atoms with Gasteiger partial charge in [0, 0.05) is 0 Å². The highest BCUT2D eigenvalue weighted by molar-refractivity contribution is 8.18. The van der Waals surface area contributed by atoms with E-state index in [2.05, 4.69) is 10.3 Å². The maximum atomic E-state index is 13.7. The number of benzene rings is 2. The topological polar surface area (TPSA) is 50.7 Å². The standard InChI is InChI=1S/C19H17FN2O2S/c1-12(2)24-14-9-7-13(8-10-14)11-17-18(23)22-19(25-17)21-16-6-4-3-5-15(16)20/h3-12H,1-2H3,(H,21,22,23)/b17-11-. The minimum absolute atomic E-state index is 0.109. The van der Waals surface area contributed by atoms with E-state index in [4.69, 9.17) is 4.74 Å². The number of aliphatic imine (C=N–C) groups is 1. The smallest absolute Gasteiger partial charge is 0.264 e. The van der Waals surface area contributed by atoms with Gasteiger partial charge in [0.2, 0.25) is 0 Å². The lowest BCUT2D eigenvalue weighted by atomic mass is 10.2. The Bertz CT molecular complexity index is 845. The van der Waals surface area contributed by atoms with Crippen molar-refractivity contribution in [1.29, 1.82) is 0 Å². The van der Waals surface area contributed by atoms with Crippen molar-refractivity contribution < 1.29 is 13.9 Å². The molecule has 2 aromatic rings. The van der Waals surface area contributed by atoms with Crippen LogP contribution in [0.2, 0.25) is 0 Å². The van der Waals surface area contributed by atoms with Crippen molar-refractivity contribution >= 4 is 34.6 Å². The van der Waals surface area contributed by atoms with Gasteiger partial charge in [0.25, 0.3) is 5.91 Å². The van der Waals surface area contributed by atoms with Crippen LogP contribution in [0.1, 0.15) is 19.4 Å². The first-order valence-electron chi connectivity index (χ1n) is 7.82. The molecule has 1 aliphatic heterocycles. The molecule has 1 N–H and O–H groups in total. The van der Waals surface area contributed by atoms with E-state index >= 15 is 0 Å². The molecule has 1 saturated heterocycles. The molecule has 0 saturated carbocycles. The summed E-state index contributed by atoms with van der Waals surface area (Å²) in [4.78, 5) is 16.7. The number of hydrogen-bond donors (Lipinski definition) is 1. The second-order valence-corrected chi connectivity index (χ2v) is 6.70. The van der Waals surface area contributed by atoms with Gasteiger partial charge in [-0.1, -0.05) is 24.3 Å². The van der Waals surface area contributed by atoms with Crippen LogP contribution < -0.4 is 10.1 Å². The summed E-state index contributed by atoms with van der Waals surface area (Å²) in [6.45, 7) is 3.93. The molecule has 0 unspecified atom stereocenters. The molecule has 25 heavy (non-hydrogen) atoms. The highest BCUT2D eigenvalue weighted by Crippen LogP contribution is 2.29. The van der Waals surface area contributed by atoms with Gasteiger partial charge < -0.3 is 10.1 Å². The average Bonchev–Trinajstić information content (AvgIpc) is 2.90. The maximum Gasteiger partial charge on any atom is 0.264 e. The summed E-state index contributed by atoms with van der Waals surface area (Å²) >= 11 is 1.18. The molecule has 3 rings (SSSR count). The summed E-state index contributed by atoms with van der Waals surface area (Å²) in [6, 6.07) is 13.7. The monoisotopic (exact) mass is 356 g/mol. The Labute approximate surface area is 149 Å². The van der Waals surface area contributed by atoms with E-state index in [9.17, 15) is 9.18 Å². The van der Waals surface area contributed by atoms with Crippen molar-refractivity contribution in [2.45, 2.75) is 20.0 Å². The first kappa shape index (κ1) is 17.2. The second kappa shape index (κ2) is 7.53. The van der Waals surface area contributed by atoms with Gasteiger partial charge in [-0.15, -0.1) is 0 Å². The molecule has 2 aromatic carbocycles. The lowest BCUT2D eigenvalue weighted by Crippen LogP contribution is -2.19. The van der Waals surface area contributed by atoms with Gasteiger partial charge in [-0.3, -0.25) is 4.79 Å². The van der Waals surface area contributed by atoms with E-state index in [-0.39, 0.29) is 17.7 Å². The third kappa shape index (κ3) is 4.48. The number of rotatable bonds is 4. The molecule has 0 spiro atoms. The quantitative estimate of drug-likeness (QED) is 0.821. The molecule has 0 aromatic heterocycles. The maximum absolute atomic E-state index is 13.7. The molecule has 4 nitrogen and oxygen atoms in total. The second-order valence-electron chi connectivity index (χ2n) is 5.67. The first-order valence-corrected chi connectivity index (χ1v) is 8.64. The fourth-order valence-corrected chi connectivity index (χ4v) is 3.03. The fraction of sp³-hybridized carbons (Fsp3) is 0.158. The lowest BCUT2D eigenvalue weighted by molar-refractivity contribution is -0.115. The zero-order valence-corrected chi connectivity index (χ0v) is 14.6. The molecule has 0 radical (unpaired) electrons. The predicted molar refractivity (Wildman–Crippen MR) is 99.4 cm³/mol. The van der Waals surface area contributed by atoms with Gasteiger partial charge in [0.05, 0.1) is 11.0 Å². The number of nitrogens with zero attached hydrogens (tertiary/aromatic N) is 1. The first-order chi connectivity index (χ1) is 12.0. The molecule has 1 fully saturated rings. The number of amidine groups is 1. The van der Waals surface area contributed by atoms with Crippen molar-refractivity contribution in [3.05, 3.63) is 64.8 Å². The summed E-state index contributed by atoms with van der Waals surface area (Å²) in [5.74, 6) is 0.105. The van der Waals surface area contributed by atoms with Gasteiger partial charge in [0.1, 0.15) is 17.3 Å². The minimum atomic E-state index is -0.428. The number of halogens is 1. The number of hydrogen-bond acceptors (Lipinski definition) is 4. The van der Waals surface area contributed by atoms with Crippen LogP contribution in [-0.4, -0.2) is 17.2 Å². The molecule has 1 aliphatic rings. The van der Waals surface area contributed by atoms with Gasteiger partial charge in [0.15, 0.2) is 5.17 Å². The number of carbonyl (C=O) groups is 1. The minimum Gasteiger partial charge on any atom is -0.491 e. The van der Waals surface area contributed by atoms with Crippen molar-refractivity contribution in [2.75, 3.05) is 0 Å². The Balaban J connectivity index is 1.76. The molecule has 1 heterocycles. The number of thioether (sulfide) groups is 1. The van der Waals surface area contributed by atoms with Crippen LogP contribution in [0.25, 0.3) is 6.08 Å². The number of amides is 1. The van der Waals surface area contributed by atoms with Crippen LogP contribution in [0.5, 0.6) is 5.75 Å². The number of nitrogens with one attached hydrogen (secondary N) is 1. The van der Waals surface area contributed by atoms with Gasteiger partial charge >= 0.3 is 0 Å². The molecule has 0 bridgehead atoms. The molecular weight excluding hydrogens is 339 g/mol. The summed E-state index contributed by atoms with van der Waals surface area (Å²) in [5.41, 5.74) is 1.07. The zero-order valence-electron chi connectivity index (χ0n) is 13.8.